The first-order valence-electron chi connectivity index (χ1n) is 0.855. The summed E-state index contributed by atoms with van der Waals surface area (Å²) < 4.78 is 17.0. The van der Waals surface area contributed by atoms with Gasteiger partial charge in [-0.1, -0.05) is 0 Å². The third-order valence-corrected chi connectivity index (χ3v) is 0. The van der Waals surface area contributed by atoms with Gasteiger partial charge in [-0.2, -0.15) is 0 Å². The van der Waals surface area contributed by atoms with E-state index in [4.69, 9.17) is 11.4 Å². The monoisotopic (exact) mass is 128 g/mol. The molecule has 0 fully saturated rings. The first kappa shape index (κ1) is 9.09. The molecule has 0 aromatic heterocycles. The zero-order valence-electron chi connectivity index (χ0n) is 2.76. The number of hydrogen-bond donors (Lipinski definition) is 1. The molecule has 1 N–H and O–H groups in total. The molecule has 0 aliphatic rings. The summed E-state index contributed by atoms with van der Waals surface area (Å²) in [5.41, 5.74) is 0. The van der Waals surface area contributed by atoms with Crippen molar-refractivity contribution >= 4 is 10.5 Å². The summed E-state index contributed by atoms with van der Waals surface area (Å²) in [7, 11) is 0.306. The van der Waals surface area contributed by atoms with Crippen LogP contribution in [0.2, 0.25) is 0 Å². The van der Waals surface area contributed by atoms with Crippen molar-refractivity contribution in [3.63, 3.8) is 0 Å². The molecule has 0 heterocycles. The Labute approximate surface area is 41.5 Å². The van der Waals surface area contributed by atoms with Crippen LogP contribution >= 0.6 is 0 Å². The van der Waals surface area contributed by atoms with Crippen LogP contribution in [-0.4, -0.2) is 15.3 Å². The molecule has 0 rings (SSSR count). The van der Waals surface area contributed by atoms with E-state index >= 15 is 0 Å². The van der Waals surface area contributed by atoms with Crippen LogP contribution in [0, 0.1) is 0 Å². The van der Waals surface area contributed by atoms with Crippen LogP contribution in [-0.2, 0) is 25.7 Å². The van der Waals surface area contributed by atoms with E-state index in [1.165, 1.54) is 0 Å². The maximum atomic E-state index is 8.50. The van der Waals surface area contributed by atoms with E-state index in [1.807, 2.05) is 0 Å². The van der Waals surface area contributed by atoms with E-state index in [1.54, 1.807) is 0 Å². The Balaban J connectivity index is 0. The Hall–Kier alpha value is 0.491. The molecule has 0 aliphatic heterocycles. The van der Waals surface area contributed by atoms with Gasteiger partial charge in [0.2, 0.25) is 0 Å². The van der Waals surface area contributed by atoms with E-state index in [0.29, 0.717) is 10.5 Å². The fourth-order valence-corrected chi connectivity index (χ4v) is 0. The molecule has 0 saturated carbocycles. The number of rotatable bonds is 0. The van der Waals surface area contributed by atoms with Gasteiger partial charge in [-0.15, -0.1) is 0 Å². The zero-order valence-corrected chi connectivity index (χ0v) is 6.33. The van der Waals surface area contributed by atoms with Gasteiger partial charge in [-0.25, -0.2) is 0 Å². The average Bonchev–Trinajstić information content (AvgIpc) is 1.46. The standard InChI is InChI=1S/H4OSi.2O.Ti/c1-2;;;/h1H,2H3;;;. The summed E-state index contributed by atoms with van der Waals surface area (Å²) >= 11 is -2.00. The molecule has 0 aromatic rings. The molecule has 0 saturated heterocycles. The molecule has 0 unspecified atom stereocenters. The SMILES string of the molecule is O[SiH3].[O]=[Ti]=[O]. The van der Waals surface area contributed by atoms with Crippen LogP contribution in [0.4, 0.5) is 0 Å². The fourth-order valence-electron chi connectivity index (χ4n) is 0. The maximum absolute atomic E-state index is 8.50. The predicted octanol–water partition coefficient (Wildman–Crippen LogP) is -1.98. The molecule has 0 aliphatic carbocycles. The third-order valence-electron chi connectivity index (χ3n) is 0. The van der Waals surface area contributed by atoms with Gasteiger partial charge >= 0.3 is 25.7 Å². The third kappa shape index (κ3) is 116. The molecule has 0 spiro atoms. The fraction of sp³-hybridized carbons (Fsp3) is 0. The van der Waals surface area contributed by atoms with E-state index in [2.05, 4.69) is 0 Å². The second-order valence-electron chi connectivity index (χ2n) is 0.0833. The Morgan fingerprint density at radius 2 is 1.40 bits per heavy atom. The molecular formula is H4O3SiTi. The molecule has 0 aromatic carbocycles. The van der Waals surface area contributed by atoms with Crippen molar-refractivity contribution in [3.8, 4) is 0 Å². The predicted molar refractivity (Wildman–Crippen MR) is 13.5 cm³/mol. The average molecular weight is 128 g/mol. The molecule has 0 atom stereocenters. The van der Waals surface area contributed by atoms with Gasteiger partial charge < -0.3 is 4.80 Å². The van der Waals surface area contributed by atoms with Gasteiger partial charge in [0.15, 0.2) is 0 Å². The Bertz CT molecular complexity index is 27.9. The molecule has 30 valence electrons. The van der Waals surface area contributed by atoms with E-state index in [9.17, 15) is 0 Å². The van der Waals surface area contributed by atoms with Gasteiger partial charge in [-0.3, -0.25) is 0 Å². The van der Waals surface area contributed by atoms with Gasteiger partial charge in [0, 0.05) is 0 Å². The van der Waals surface area contributed by atoms with Crippen LogP contribution < -0.4 is 0 Å². The summed E-state index contributed by atoms with van der Waals surface area (Å²) in [6.07, 6.45) is 0. The van der Waals surface area contributed by atoms with E-state index in [-0.39, 0.29) is 0 Å². The van der Waals surface area contributed by atoms with Crippen LogP contribution in [0.1, 0.15) is 0 Å². The minimum atomic E-state index is -2.00. The molecule has 3 nitrogen and oxygen atoms in total. The van der Waals surface area contributed by atoms with Crippen molar-refractivity contribution in [2.45, 2.75) is 0 Å². The second kappa shape index (κ2) is 24.6. The summed E-state index contributed by atoms with van der Waals surface area (Å²) in [5.74, 6) is 0. The Kier molecular flexibility index (Phi) is 44.7. The second-order valence-corrected chi connectivity index (χ2v) is 0.344. The van der Waals surface area contributed by atoms with E-state index < -0.39 is 19.1 Å². The minimum absolute atomic E-state index is 0.306. The summed E-state index contributed by atoms with van der Waals surface area (Å²) in [4.78, 5) is 7.14. The summed E-state index contributed by atoms with van der Waals surface area (Å²) in [6.45, 7) is 0. The van der Waals surface area contributed by atoms with Crippen molar-refractivity contribution in [1.82, 2.24) is 0 Å². The van der Waals surface area contributed by atoms with Crippen molar-refractivity contribution in [1.29, 1.82) is 0 Å². The van der Waals surface area contributed by atoms with Crippen molar-refractivity contribution in [2.24, 2.45) is 0 Å². The quantitative estimate of drug-likeness (QED) is 0.384. The first-order valence-corrected chi connectivity index (χ1v) is 3.02. The van der Waals surface area contributed by atoms with E-state index in [0.717, 1.165) is 0 Å². The molecule has 0 amide bonds. The molecule has 5 heteroatoms. The Morgan fingerprint density at radius 3 is 1.40 bits per heavy atom. The van der Waals surface area contributed by atoms with Crippen LogP contribution in [0.15, 0.2) is 0 Å². The number of hydrogen-bond acceptors (Lipinski definition) is 3. The molecule has 5 heavy (non-hydrogen) atoms. The molecule has 0 bridgehead atoms. The molecule has 0 radical (unpaired) electrons. The van der Waals surface area contributed by atoms with Crippen molar-refractivity contribution in [3.05, 3.63) is 0 Å². The van der Waals surface area contributed by atoms with Crippen LogP contribution in [0.5, 0.6) is 0 Å². The normalized spacial score (nSPS) is 3.40. The first-order chi connectivity index (χ1) is 2.41. The zero-order chi connectivity index (χ0) is 4.71. The summed E-state index contributed by atoms with van der Waals surface area (Å²) in [5, 5.41) is 0. The summed E-state index contributed by atoms with van der Waals surface area (Å²) in [6, 6.07) is 0. The van der Waals surface area contributed by atoms with Crippen LogP contribution in [0.25, 0.3) is 0 Å². The van der Waals surface area contributed by atoms with Gasteiger partial charge in [0.1, 0.15) is 10.5 Å². The van der Waals surface area contributed by atoms with Gasteiger partial charge in [-0.05, 0) is 0 Å². The van der Waals surface area contributed by atoms with Gasteiger partial charge in [0.25, 0.3) is 0 Å². The van der Waals surface area contributed by atoms with Crippen molar-refractivity contribution in [2.75, 3.05) is 0 Å². The molecular weight excluding hydrogens is 124 g/mol. The van der Waals surface area contributed by atoms with Gasteiger partial charge in [0.05, 0.1) is 0 Å². The Morgan fingerprint density at radius 1 is 1.40 bits per heavy atom. The topological polar surface area (TPSA) is 54.4 Å². The van der Waals surface area contributed by atoms with Crippen LogP contribution in [0.3, 0.4) is 0 Å². The van der Waals surface area contributed by atoms with Crippen molar-refractivity contribution < 1.29 is 30.5 Å².